The van der Waals surface area contributed by atoms with E-state index >= 15 is 0 Å². The number of fused-ring (bicyclic) bond motifs is 2. The van der Waals surface area contributed by atoms with Crippen LogP contribution in [0.2, 0.25) is 0 Å². The van der Waals surface area contributed by atoms with Crippen LogP contribution in [-0.4, -0.2) is 42.3 Å². The van der Waals surface area contributed by atoms with Gasteiger partial charge in [0, 0.05) is 23.9 Å². The number of carbonyl (C=O) groups is 1. The molecule has 1 amide bonds. The van der Waals surface area contributed by atoms with E-state index in [1.54, 1.807) is 30.9 Å². The van der Waals surface area contributed by atoms with Gasteiger partial charge in [-0.2, -0.15) is 5.10 Å². The van der Waals surface area contributed by atoms with Crippen molar-refractivity contribution in [2.45, 2.75) is 45.7 Å². The highest BCUT2D eigenvalue weighted by Crippen LogP contribution is 2.34. The fraction of sp³-hybridized carbons (Fsp3) is 0.320. The lowest BCUT2D eigenvalue weighted by Gasteiger charge is -2.37. The largest absolute Gasteiger partial charge is 0.327 e. The number of nitrogens with one attached hydrogen (secondary N) is 1. The molecule has 2 unspecified atom stereocenters. The van der Waals surface area contributed by atoms with Gasteiger partial charge in [-0.1, -0.05) is 30.3 Å². The summed E-state index contributed by atoms with van der Waals surface area (Å²) in [5, 5.41) is 15.7. The zero-order valence-electron chi connectivity index (χ0n) is 19.5. The van der Waals surface area contributed by atoms with E-state index in [1.165, 1.54) is 4.57 Å². The molecule has 10 heteroatoms. The molecule has 1 N–H and O–H groups in total. The van der Waals surface area contributed by atoms with Gasteiger partial charge in [0.25, 0.3) is 17.9 Å². The summed E-state index contributed by atoms with van der Waals surface area (Å²) < 4.78 is 28.2. The van der Waals surface area contributed by atoms with Gasteiger partial charge in [0.05, 0.1) is 23.2 Å². The average Bonchev–Trinajstić information content (AvgIpc) is 3.31. The van der Waals surface area contributed by atoms with Crippen LogP contribution in [0.25, 0.3) is 10.8 Å². The summed E-state index contributed by atoms with van der Waals surface area (Å²) in [6.07, 6.45) is -2.31. The van der Waals surface area contributed by atoms with Crippen LogP contribution in [0.3, 0.4) is 0 Å². The van der Waals surface area contributed by atoms with Crippen molar-refractivity contribution in [1.29, 1.82) is 0 Å². The van der Waals surface area contributed by atoms with Gasteiger partial charge in [-0.15, -0.1) is 10.2 Å². The lowest BCUT2D eigenvalue weighted by molar-refractivity contribution is 0.0584. The predicted octanol–water partition coefficient (Wildman–Crippen LogP) is 4.13. The van der Waals surface area contributed by atoms with Crippen molar-refractivity contribution in [2.75, 3.05) is 6.54 Å². The third kappa shape index (κ3) is 3.88. The third-order valence-corrected chi connectivity index (χ3v) is 6.63. The Labute approximate surface area is 199 Å². The monoisotopic (exact) mass is 478 g/mol. The topological polar surface area (TPSA) is 96.8 Å². The fourth-order valence-electron chi connectivity index (χ4n) is 4.79. The second-order valence-corrected chi connectivity index (χ2v) is 8.94. The van der Waals surface area contributed by atoms with Crippen LogP contribution < -0.4 is 5.56 Å². The van der Waals surface area contributed by atoms with Crippen LogP contribution in [0.1, 0.15) is 71.2 Å². The zero-order valence-corrected chi connectivity index (χ0v) is 19.5. The van der Waals surface area contributed by atoms with Crippen LogP contribution in [0.15, 0.2) is 47.3 Å². The number of aromatic amines is 1. The minimum atomic E-state index is -2.73. The smallest absolute Gasteiger partial charge is 0.297 e. The number of benzene rings is 2. The molecule has 3 heterocycles. The summed E-state index contributed by atoms with van der Waals surface area (Å²) in [6.45, 7) is 5.68. The van der Waals surface area contributed by atoms with Crippen LogP contribution in [-0.2, 0) is 6.42 Å². The van der Waals surface area contributed by atoms with Crippen LogP contribution in [0.4, 0.5) is 8.78 Å². The molecule has 1 aliphatic heterocycles. The number of H-pyrrole nitrogens is 1. The molecule has 0 spiro atoms. The van der Waals surface area contributed by atoms with Gasteiger partial charge in [-0.05, 0) is 44.0 Å². The lowest BCUT2D eigenvalue weighted by Crippen LogP contribution is -2.43. The third-order valence-electron chi connectivity index (χ3n) is 6.63. The first-order chi connectivity index (χ1) is 16.8. The number of carbonyl (C=O) groups excluding carboxylic acids is 1. The Morgan fingerprint density at radius 3 is 2.63 bits per heavy atom. The highest BCUT2D eigenvalue weighted by atomic mass is 19.3. The van der Waals surface area contributed by atoms with Crippen molar-refractivity contribution in [3.63, 3.8) is 0 Å². The predicted molar refractivity (Wildman–Crippen MR) is 125 cm³/mol. The van der Waals surface area contributed by atoms with E-state index in [2.05, 4.69) is 20.4 Å². The zero-order chi connectivity index (χ0) is 24.9. The van der Waals surface area contributed by atoms with Gasteiger partial charge >= 0.3 is 0 Å². The van der Waals surface area contributed by atoms with E-state index in [4.69, 9.17) is 0 Å². The second-order valence-electron chi connectivity index (χ2n) is 8.94. The summed E-state index contributed by atoms with van der Waals surface area (Å²) in [6, 6.07) is 12.0. The minimum Gasteiger partial charge on any atom is -0.327 e. The SMILES string of the molecule is Cc1ccc(Cc2n[nH]c(=O)c3ccccc23)cc1C(=O)N1CC(C)n2c(C(F)F)nnc2C1C. The maximum atomic E-state index is 13.6. The summed E-state index contributed by atoms with van der Waals surface area (Å²) in [5.74, 6) is -0.216. The molecule has 0 fully saturated rings. The van der Waals surface area contributed by atoms with Crippen LogP contribution in [0.5, 0.6) is 0 Å². The minimum absolute atomic E-state index is 0.198. The van der Waals surface area contributed by atoms with E-state index in [1.807, 2.05) is 37.3 Å². The summed E-state index contributed by atoms with van der Waals surface area (Å²) >= 11 is 0. The molecule has 8 nitrogen and oxygen atoms in total. The Balaban J connectivity index is 1.47. The van der Waals surface area contributed by atoms with E-state index in [0.717, 1.165) is 16.5 Å². The molecule has 1 aliphatic rings. The maximum absolute atomic E-state index is 13.6. The summed E-state index contributed by atoms with van der Waals surface area (Å²) in [7, 11) is 0. The number of amides is 1. The molecule has 0 radical (unpaired) electrons. The molecular formula is C25H24F2N6O2. The molecule has 0 saturated heterocycles. The number of aromatic nitrogens is 5. The van der Waals surface area contributed by atoms with Crippen molar-refractivity contribution in [3.05, 3.63) is 86.9 Å². The van der Waals surface area contributed by atoms with Gasteiger partial charge in [-0.25, -0.2) is 13.9 Å². The van der Waals surface area contributed by atoms with E-state index in [9.17, 15) is 18.4 Å². The number of aryl methyl sites for hydroxylation is 1. The Bertz CT molecular complexity index is 1500. The van der Waals surface area contributed by atoms with E-state index in [0.29, 0.717) is 28.9 Å². The Morgan fingerprint density at radius 2 is 1.89 bits per heavy atom. The normalized spacial score (nSPS) is 17.7. The molecule has 4 aromatic rings. The fourth-order valence-corrected chi connectivity index (χ4v) is 4.79. The molecule has 2 atom stereocenters. The molecule has 180 valence electrons. The maximum Gasteiger partial charge on any atom is 0.297 e. The highest BCUT2D eigenvalue weighted by molar-refractivity contribution is 5.96. The van der Waals surface area contributed by atoms with Crippen LogP contribution >= 0.6 is 0 Å². The van der Waals surface area contributed by atoms with Crippen molar-refractivity contribution in [1.82, 2.24) is 29.9 Å². The molecule has 35 heavy (non-hydrogen) atoms. The number of hydrogen-bond acceptors (Lipinski definition) is 5. The Hall–Kier alpha value is -3.95. The first-order valence-electron chi connectivity index (χ1n) is 11.4. The van der Waals surface area contributed by atoms with Crippen molar-refractivity contribution >= 4 is 16.7 Å². The van der Waals surface area contributed by atoms with Crippen molar-refractivity contribution < 1.29 is 13.6 Å². The van der Waals surface area contributed by atoms with E-state index < -0.39 is 12.5 Å². The van der Waals surface area contributed by atoms with Gasteiger partial charge in [0.15, 0.2) is 5.82 Å². The summed E-state index contributed by atoms with van der Waals surface area (Å²) in [5.41, 5.74) is 2.65. The van der Waals surface area contributed by atoms with Crippen molar-refractivity contribution in [3.8, 4) is 0 Å². The highest BCUT2D eigenvalue weighted by Gasteiger charge is 2.37. The Kier molecular flexibility index (Phi) is 5.66. The second kappa shape index (κ2) is 8.68. The number of nitrogens with zero attached hydrogens (tertiary/aromatic N) is 5. The molecule has 2 aromatic heterocycles. The van der Waals surface area contributed by atoms with Gasteiger partial charge in [-0.3, -0.25) is 9.59 Å². The standard InChI is InChI=1S/C25H24F2N6O2/c1-13-8-9-16(11-20-17-6-4-5-7-18(17)24(34)31-28-20)10-19(13)25(35)32-12-14(2)33-22(15(32)3)29-30-23(33)21(26)27/h4-10,14-15,21H,11-12H2,1-3H3,(H,31,34). The lowest BCUT2D eigenvalue weighted by atomic mass is 9.98. The van der Waals surface area contributed by atoms with E-state index in [-0.39, 0.29) is 29.9 Å². The summed E-state index contributed by atoms with van der Waals surface area (Å²) in [4.78, 5) is 27.4. The number of hydrogen-bond donors (Lipinski definition) is 1. The first kappa shape index (κ1) is 22.8. The average molecular weight is 479 g/mol. The Morgan fingerprint density at radius 1 is 1.14 bits per heavy atom. The van der Waals surface area contributed by atoms with Gasteiger partial charge in [0.2, 0.25) is 5.82 Å². The number of rotatable bonds is 4. The molecule has 0 aliphatic carbocycles. The quantitative estimate of drug-likeness (QED) is 0.476. The molecular weight excluding hydrogens is 454 g/mol. The molecule has 2 aromatic carbocycles. The molecule has 0 bridgehead atoms. The molecule has 5 rings (SSSR count). The molecule has 0 saturated carbocycles. The van der Waals surface area contributed by atoms with Crippen LogP contribution in [0, 0.1) is 6.92 Å². The van der Waals surface area contributed by atoms with Crippen molar-refractivity contribution in [2.24, 2.45) is 0 Å². The van der Waals surface area contributed by atoms with Gasteiger partial charge in [0.1, 0.15) is 0 Å². The first-order valence-corrected chi connectivity index (χ1v) is 11.4. The van der Waals surface area contributed by atoms with Gasteiger partial charge < -0.3 is 9.47 Å². The number of halogens is 2. The number of alkyl halides is 2.